The largest absolute Gasteiger partial charge is 0.511 e. The molecular formula is C27H22N2O4. The van der Waals surface area contributed by atoms with Gasteiger partial charge in [0.05, 0.1) is 10.9 Å². The fourth-order valence-corrected chi connectivity index (χ4v) is 4.18. The van der Waals surface area contributed by atoms with Crippen molar-refractivity contribution in [2.45, 2.75) is 19.8 Å². The van der Waals surface area contributed by atoms with Crippen LogP contribution in [0, 0.1) is 0 Å². The summed E-state index contributed by atoms with van der Waals surface area (Å²) in [5.41, 5.74) is 5.88. The molecule has 0 atom stereocenters. The quantitative estimate of drug-likeness (QED) is 0.208. The topological polar surface area (TPSA) is 95.4 Å². The molecule has 0 saturated carbocycles. The maximum Gasteiger partial charge on any atom is 0.511 e. The van der Waals surface area contributed by atoms with Crippen LogP contribution in [0.3, 0.4) is 0 Å². The van der Waals surface area contributed by atoms with Gasteiger partial charge in [0, 0.05) is 11.6 Å². The van der Waals surface area contributed by atoms with Crippen LogP contribution in [0.5, 0.6) is 11.5 Å². The zero-order valence-corrected chi connectivity index (χ0v) is 18.0. The lowest BCUT2D eigenvalue weighted by Crippen LogP contribution is -2.02. The van der Waals surface area contributed by atoms with E-state index >= 15 is 0 Å². The number of nitrogens with zero attached hydrogens (tertiary/aromatic N) is 1. The number of ether oxygens (including phenoxy) is 1. The third-order valence-corrected chi connectivity index (χ3v) is 5.69. The second-order valence-electron chi connectivity index (χ2n) is 7.98. The molecule has 4 aromatic carbocycles. The van der Waals surface area contributed by atoms with E-state index in [-0.39, 0.29) is 11.5 Å². The van der Waals surface area contributed by atoms with Gasteiger partial charge in [0.15, 0.2) is 0 Å². The SMILES string of the molecule is CCCc1ccc(-c2cccc(-c3nc4c(ccc5cc(OC(=O)O)cc(O)c54)[nH]3)c2)cc1. The highest BCUT2D eigenvalue weighted by Crippen LogP contribution is 2.36. The molecule has 0 aliphatic rings. The van der Waals surface area contributed by atoms with E-state index in [2.05, 4.69) is 48.3 Å². The lowest BCUT2D eigenvalue weighted by atomic mass is 10.0. The molecule has 6 heteroatoms. The number of aryl methyl sites for hydroxylation is 1. The van der Waals surface area contributed by atoms with Gasteiger partial charge >= 0.3 is 6.16 Å². The average molecular weight is 438 g/mol. The lowest BCUT2D eigenvalue weighted by Gasteiger charge is -2.06. The van der Waals surface area contributed by atoms with Crippen LogP contribution < -0.4 is 4.74 Å². The fraction of sp³-hybridized carbons (Fsp3) is 0.111. The molecule has 5 rings (SSSR count). The van der Waals surface area contributed by atoms with Crippen LogP contribution in [0.2, 0.25) is 0 Å². The Morgan fingerprint density at radius 1 is 0.970 bits per heavy atom. The van der Waals surface area contributed by atoms with Gasteiger partial charge in [0.1, 0.15) is 22.8 Å². The molecule has 0 radical (unpaired) electrons. The first-order valence-electron chi connectivity index (χ1n) is 10.8. The number of hydrogen-bond donors (Lipinski definition) is 3. The van der Waals surface area contributed by atoms with Crippen molar-refractivity contribution in [1.29, 1.82) is 0 Å². The number of benzene rings is 4. The first-order valence-corrected chi connectivity index (χ1v) is 10.8. The van der Waals surface area contributed by atoms with Crippen LogP contribution in [0.1, 0.15) is 18.9 Å². The maximum absolute atomic E-state index is 10.8. The molecule has 0 fully saturated rings. The molecule has 1 aromatic heterocycles. The molecule has 6 nitrogen and oxygen atoms in total. The van der Waals surface area contributed by atoms with Crippen molar-refractivity contribution in [3.05, 3.63) is 78.4 Å². The zero-order chi connectivity index (χ0) is 22.9. The Labute approximate surface area is 190 Å². The van der Waals surface area contributed by atoms with Gasteiger partial charge in [0.25, 0.3) is 0 Å². The highest BCUT2D eigenvalue weighted by Gasteiger charge is 2.14. The zero-order valence-electron chi connectivity index (χ0n) is 18.0. The van der Waals surface area contributed by atoms with E-state index in [0.29, 0.717) is 22.1 Å². The van der Waals surface area contributed by atoms with Crippen molar-refractivity contribution in [2.24, 2.45) is 0 Å². The van der Waals surface area contributed by atoms with Crippen molar-refractivity contribution in [2.75, 3.05) is 0 Å². The van der Waals surface area contributed by atoms with Gasteiger partial charge in [0.2, 0.25) is 0 Å². The number of fused-ring (bicyclic) bond motifs is 3. The fourth-order valence-electron chi connectivity index (χ4n) is 4.18. The molecule has 0 spiro atoms. The second kappa shape index (κ2) is 8.31. The molecule has 3 N–H and O–H groups in total. The van der Waals surface area contributed by atoms with Crippen molar-refractivity contribution >= 4 is 28.0 Å². The van der Waals surface area contributed by atoms with Gasteiger partial charge in [-0.3, -0.25) is 0 Å². The summed E-state index contributed by atoms with van der Waals surface area (Å²) in [6, 6.07) is 23.3. The van der Waals surface area contributed by atoms with Gasteiger partial charge in [-0.1, -0.05) is 61.9 Å². The minimum absolute atomic E-state index is 0.0558. The molecule has 0 saturated heterocycles. The monoisotopic (exact) mass is 438 g/mol. The molecule has 0 amide bonds. The number of phenols is 1. The molecule has 164 valence electrons. The smallest absolute Gasteiger partial charge is 0.507 e. The minimum atomic E-state index is -1.43. The molecule has 0 aliphatic heterocycles. The number of imidazole rings is 1. The predicted octanol–water partition coefficient (Wildman–Crippen LogP) is 6.77. The summed E-state index contributed by atoms with van der Waals surface area (Å²) in [4.78, 5) is 18.9. The molecule has 33 heavy (non-hydrogen) atoms. The highest BCUT2D eigenvalue weighted by atomic mass is 16.7. The van der Waals surface area contributed by atoms with Crippen molar-refractivity contribution in [3.8, 4) is 34.0 Å². The van der Waals surface area contributed by atoms with Crippen LogP contribution in [0.4, 0.5) is 4.79 Å². The molecule has 1 heterocycles. The van der Waals surface area contributed by atoms with Gasteiger partial charge in [-0.05, 0) is 46.7 Å². The van der Waals surface area contributed by atoms with E-state index < -0.39 is 6.16 Å². The Kier molecular flexibility index (Phi) is 5.18. The van der Waals surface area contributed by atoms with Gasteiger partial charge < -0.3 is 19.9 Å². The van der Waals surface area contributed by atoms with Crippen molar-refractivity contribution in [1.82, 2.24) is 9.97 Å². The first kappa shape index (κ1) is 20.6. The second-order valence-corrected chi connectivity index (χ2v) is 7.98. The van der Waals surface area contributed by atoms with Gasteiger partial charge in [-0.15, -0.1) is 0 Å². The lowest BCUT2D eigenvalue weighted by molar-refractivity contribution is 0.144. The molecule has 5 aromatic rings. The molecule has 0 unspecified atom stereocenters. The number of phenolic OH excluding ortho intramolecular Hbond substituents is 1. The van der Waals surface area contributed by atoms with Gasteiger partial charge in [-0.2, -0.15) is 0 Å². The standard InChI is InChI=1S/C27H22N2O4/c1-2-4-16-7-9-17(10-8-16)18-5-3-6-20(13-18)26-28-22-12-11-19-14-21(33-27(31)32)15-23(30)24(19)25(22)29-26/h3,5-15,30H,2,4H2,1H3,(H,28,29)(H,31,32). The van der Waals surface area contributed by atoms with E-state index in [1.807, 2.05) is 18.2 Å². The van der Waals surface area contributed by atoms with Gasteiger partial charge in [-0.25, -0.2) is 9.78 Å². The Morgan fingerprint density at radius 2 is 1.76 bits per heavy atom. The summed E-state index contributed by atoms with van der Waals surface area (Å²) in [5.74, 6) is 0.654. The first-order chi connectivity index (χ1) is 16.0. The molecular weight excluding hydrogens is 416 g/mol. The van der Waals surface area contributed by atoms with E-state index in [1.54, 1.807) is 12.1 Å². The van der Waals surface area contributed by atoms with Crippen LogP contribution >= 0.6 is 0 Å². The Balaban J connectivity index is 1.56. The summed E-state index contributed by atoms with van der Waals surface area (Å²) in [5, 5.41) is 20.6. The Hall–Kier alpha value is -4.32. The minimum Gasteiger partial charge on any atom is -0.507 e. The number of aromatic amines is 1. The highest BCUT2D eigenvalue weighted by molar-refractivity contribution is 6.08. The van der Waals surface area contributed by atoms with E-state index in [0.717, 1.165) is 35.0 Å². The predicted molar refractivity (Wildman–Crippen MR) is 129 cm³/mol. The normalized spacial score (nSPS) is 11.2. The number of carbonyl (C=O) groups is 1. The number of nitrogens with one attached hydrogen (secondary N) is 1. The van der Waals surface area contributed by atoms with Crippen molar-refractivity contribution in [3.63, 3.8) is 0 Å². The van der Waals surface area contributed by atoms with E-state index in [9.17, 15) is 9.90 Å². The molecule has 0 bridgehead atoms. The number of rotatable bonds is 5. The molecule has 0 aliphatic carbocycles. The Bertz CT molecular complexity index is 1490. The third-order valence-electron chi connectivity index (χ3n) is 5.69. The van der Waals surface area contributed by atoms with E-state index in [1.165, 1.54) is 11.6 Å². The van der Waals surface area contributed by atoms with Crippen LogP contribution in [-0.2, 0) is 6.42 Å². The number of aromatic nitrogens is 2. The van der Waals surface area contributed by atoms with E-state index in [4.69, 9.17) is 14.8 Å². The number of H-pyrrole nitrogens is 1. The van der Waals surface area contributed by atoms with Crippen LogP contribution in [0.25, 0.3) is 44.3 Å². The Morgan fingerprint density at radius 3 is 2.52 bits per heavy atom. The number of hydrogen-bond acceptors (Lipinski definition) is 4. The average Bonchev–Trinajstić information content (AvgIpc) is 3.24. The summed E-state index contributed by atoms with van der Waals surface area (Å²) in [7, 11) is 0. The summed E-state index contributed by atoms with van der Waals surface area (Å²) < 4.78 is 4.69. The van der Waals surface area contributed by atoms with Crippen molar-refractivity contribution < 1.29 is 19.7 Å². The maximum atomic E-state index is 10.8. The third kappa shape index (κ3) is 3.99. The number of carboxylic acid groups (broad SMARTS) is 1. The van der Waals surface area contributed by atoms with Crippen LogP contribution in [-0.4, -0.2) is 26.3 Å². The summed E-state index contributed by atoms with van der Waals surface area (Å²) in [6.07, 6.45) is 0.764. The summed E-state index contributed by atoms with van der Waals surface area (Å²) in [6.45, 7) is 2.18. The van der Waals surface area contributed by atoms with Crippen LogP contribution in [0.15, 0.2) is 72.8 Å². The summed E-state index contributed by atoms with van der Waals surface area (Å²) >= 11 is 0. The number of aromatic hydroxyl groups is 1.